The highest BCUT2D eigenvalue weighted by Crippen LogP contribution is 2.29. The Labute approximate surface area is 207 Å². The SMILES string of the molecule is COc1cc(/C=N\NC(=O)COc2cc(C)c(Cl)c(C)c2)ccc1OC(=O)c1ccccc1Cl. The fourth-order valence-electron chi connectivity index (χ4n) is 2.98. The van der Waals surface area contributed by atoms with Crippen LogP contribution < -0.4 is 19.6 Å². The smallest absolute Gasteiger partial charge is 0.345 e. The van der Waals surface area contributed by atoms with Gasteiger partial charge < -0.3 is 14.2 Å². The highest BCUT2D eigenvalue weighted by Gasteiger charge is 2.15. The lowest BCUT2D eigenvalue weighted by atomic mass is 10.1. The van der Waals surface area contributed by atoms with E-state index in [0.717, 1.165) is 11.1 Å². The van der Waals surface area contributed by atoms with Crippen molar-refractivity contribution in [2.75, 3.05) is 13.7 Å². The molecule has 9 heteroatoms. The van der Waals surface area contributed by atoms with Gasteiger partial charge in [-0.15, -0.1) is 0 Å². The fraction of sp³-hybridized carbons (Fsp3) is 0.160. The van der Waals surface area contributed by atoms with E-state index < -0.39 is 11.9 Å². The van der Waals surface area contributed by atoms with Gasteiger partial charge in [-0.3, -0.25) is 4.79 Å². The summed E-state index contributed by atoms with van der Waals surface area (Å²) in [6.45, 7) is 3.52. The van der Waals surface area contributed by atoms with Crippen molar-refractivity contribution < 1.29 is 23.8 Å². The molecule has 1 N–H and O–H groups in total. The summed E-state index contributed by atoms with van der Waals surface area (Å²) < 4.78 is 16.2. The maximum absolute atomic E-state index is 12.4. The molecule has 0 saturated heterocycles. The molecule has 34 heavy (non-hydrogen) atoms. The van der Waals surface area contributed by atoms with Crippen molar-refractivity contribution in [2.45, 2.75) is 13.8 Å². The van der Waals surface area contributed by atoms with Crippen LogP contribution in [0.3, 0.4) is 0 Å². The monoisotopic (exact) mass is 500 g/mol. The van der Waals surface area contributed by atoms with Crippen LogP contribution in [0.15, 0.2) is 59.7 Å². The fourth-order valence-corrected chi connectivity index (χ4v) is 3.30. The van der Waals surface area contributed by atoms with E-state index in [1.54, 1.807) is 54.6 Å². The van der Waals surface area contributed by atoms with Crippen molar-refractivity contribution in [1.29, 1.82) is 0 Å². The number of rotatable bonds is 8. The quantitative estimate of drug-likeness (QED) is 0.194. The Kier molecular flexibility index (Phi) is 8.51. The second kappa shape index (κ2) is 11.5. The normalized spacial score (nSPS) is 10.7. The largest absolute Gasteiger partial charge is 0.493 e. The molecule has 0 aliphatic rings. The van der Waals surface area contributed by atoms with Gasteiger partial charge in [0.25, 0.3) is 5.91 Å². The molecular weight excluding hydrogens is 479 g/mol. The standard InChI is InChI=1S/C25H22Cl2N2O5/c1-15-10-18(11-16(2)24(15)27)33-14-23(30)29-28-13-17-8-9-21(22(12-17)32-3)34-25(31)19-6-4-5-7-20(19)26/h4-13H,14H2,1-3H3,(H,29,30)/b28-13-. The summed E-state index contributed by atoms with van der Waals surface area (Å²) in [6.07, 6.45) is 1.43. The summed E-state index contributed by atoms with van der Waals surface area (Å²) in [4.78, 5) is 24.4. The summed E-state index contributed by atoms with van der Waals surface area (Å²) in [5.74, 6) is 0.0376. The van der Waals surface area contributed by atoms with Crippen LogP contribution in [0.2, 0.25) is 10.0 Å². The Morgan fingerprint density at radius 2 is 1.71 bits per heavy atom. The van der Waals surface area contributed by atoms with E-state index in [9.17, 15) is 9.59 Å². The third-order valence-electron chi connectivity index (χ3n) is 4.67. The number of amides is 1. The minimum Gasteiger partial charge on any atom is -0.493 e. The van der Waals surface area contributed by atoms with E-state index in [2.05, 4.69) is 10.5 Å². The molecule has 0 heterocycles. The molecule has 0 aromatic heterocycles. The number of nitrogens with one attached hydrogen (secondary N) is 1. The van der Waals surface area contributed by atoms with Crippen LogP contribution in [0, 0.1) is 13.8 Å². The second-order valence-corrected chi connectivity index (χ2v) is 8.02. The van der Waals surface area contributed by atoms with Crippen molar-refractivity contribution in [1.82, 2.24) is 5.43 Å². The molecular formula is C25H22Cl2N2O5. The number of hydrogen-bond acceptors (Lipinski definition) is 6. The summed E-state index contributed by atoms with van der Waals surface area (Å²) >= 11 is 12.2. The number of ether oxygens (including phenoxy) is 3. The lowest BCUT2D eigenvalue weighted by molar-refractivity contribution is -0.123. The average molecular weight is 501 g/mol. The predicted molar refractivity (Wildman–Crippen MR) is 132 cm³/mol. The lowest BCUT2D eigenvalue weighted by Crippen LogP contribution is -2.24. The molecule has 3 aromatic carbocycles. The highest BCUT2D eigenvalue weighted by atomic mass is 35.5. The van der Waals surface area contributed by atoms with Crippen LogP contribution in [-0.4, -0.2) is 31.8 Å². The molecule has 0 fully saturated rings. The number of carbonyl (C=O) groups excluding carboxylic acids is 2. The molecule has 1 amide bonds. The van der Waals surface area contributed by atoms with Gasteiger partial charge in [0.1, 0.15) is 5.75 Å². The molecule has 0 radical (unpaired) electrons. The number of hydrogen-bond donors (Lipinski definition) is 1. The Morgan fingerprint density at radius 3 is 2.38 bits per heavy atom. The molecule has 176 valence electrons. The van der Waals surface area contributed by atoms with Gasteiger partial charge in [0.05, 0.1) is 23.9 Å². The third-order valence-corrected chi connectivity index (χ3v) is 5.59. The molecule has 3 aromatic rings. The van der Waals surface area contributed by atoms with Gasteiger partial charge in [0.2, 0.25) is 0 Å². The number of esters is 1. The molecule has 0 aliphatic heterocycles. The molecule has 0 bridgehead atoms. The third kappa shape index (κ3) is 6.50. The number of halogens is 2. The minimum atomic E-state index is -0.608. The first-order chi connectivity index (χ1) is 16.3. The van der Waals surface area contributed by atoms with E-state index in [4.69, 9.17) is 37.4 Å². The van der Waals surface area contributed by atoms with Gasteiger partial charge >= 0.3 is 5.97 Å². The number of hydrazone groups is 1. The zero-order chi connectivity index (χ0) is 24.7. The van der Waals surface area contributed by atoms with Gasteiger partial charge in [-0.1, -0.05) is 35.3 Å². The molecule has 7 nitrogen and oxygen atoms in total. The van der Waals surface area contributed by atoms with Gasteiger partial charge in [0.15, 0.2) is 18.1 Å². The van der Waals surface area contributed by atoms with Crippen molar-refractivity contribution >= 4 is 41.3 Å². The number of carbonyl (C=O) groups is 2. The first-order valence-electron chi connectivity index (χ1n) is 10.1. The highest BCUT2D eigenvalue weighted by molar-refractivity contribution is 6.33. The van der Waals surface area contributed by atoms with Crippen molar-refractivity contribution in [2.24, 2.45) is 5.10 Å². The summed E-state index contributed by atoms with van der Waals surface area (Å²) in [5, 5.41) is 4.88. The first kappa shape index (κ1) is 25.1. The van der Waals surface area contributed by atoms with Crippen LogP contribution in [0.25, 0.3) is 0 Å². The predicted octanol–water partition coefficient (Wildman–Crippen LogP) is 5.37. The van der Waals surface area contributed by atoms with Crippen molar-refractivity contribution in [3.8, 4) is 17.2 Å². The Hall–Kier alpha value is -3.55. The van der Waals surface area contributed by atoms with E-state index in [1.165, 1.54) is 13.3 Å². The minimum absolute atomic E-state index is 0.210. The van der Waals surface area contributed by atoms with Crippen LogP contribution in [-0.2, 0) is 4.79 Å². The molecule has 0 atom stereocenters. The molecule has 3 rings (SSSR count). The second-order valence-electron chi connectivity index (χ2n) is 7.23. The van der Waals surface area contributed by atoms with E-state index >= 15 is 0 Å². The zero-order valence-corrected chi connectivity index (χ0v) is 20.2. The molecule has 0 unspecified atom stereocenters. The van der Waals surface area contributed by atoms with Gasteiger partial charge in [0, 0.05) is 5.02 Å². The number of nitrogens with zero attached hydrogens (tertiary/aromatic N) is 1. The van der Waals surface area contributed by atoms with Crippen LogP contribution >= 0.6 is 23.2 Å². The first-order valence-corrected chi connectivity index (χ1v) is 10.9. The van der Waals surface area contributed by atoms with Crippen molar-refractivity contribution in [3.63, 3.8) is 0 Å². The summed E-state index contributed by atoms with van der Waals surface area (Å²) in [6, 6.07) is 14.9. The Morgan fingerprint density at radius 1 is 1.00 bits per heavy atom. The van der Waals surface area contributed by atoms with Gasteiger partial charge in [-0.2, -0.15) is 5.10 Å². The summed E-state index contributed by atoms with van der Waals surface area (Å²) in [5.41, 5.74) is 4.98. The molecule has 0 saturated carbocycles. The maximum atomic E-state index is 12.4. The van der Waals surface area contributed by atoms with Gasteiger partial charge in [-0.25, -0.2) is 10.2 Å². The number of benzene rings is 3. The Bertz CT molecular complexity index is 1220. The van der Waals surface area contributed by atoms with E-state index in [0.29, 0.717) is 22.1 Å². The van der Waals surface area contributed by atoms with Crippen LogP contribution in [0.4, 0.5) is 0 Å². The topological polar surface area (TPSA) is 86.2 Å². The van der Waals surface area contributed by atoms with Crippen LogP contribution in [0.5, 0.6) is 17.2 Å². The number of methoxy groups -OCH3 is 1. The average Bonchev–Trinajstić information content (AvgIpc) is 2.82. The van der Waals surface area contributed by atoms with E-state index in [1.807, 2.05) is 13.8 Å². The maximum Gasteiger partial charge on any atom is 0.345 e. The Balaban J connectivity index is 1.58. The molecule has 0 spiro atoms. The summed E-state index contributed by atoms with van der Waals surface area (Å²) in [7, 11) is 1.45. The number of aryl methyl sites for hydroxylation is 2. The van der Waals surface area contributed by atoms with Crippen molar-refractivity contribution in [3.05, 3.63) is 86.9 Å². The van der Waals surface area contributed by atoms with Crippen LogP contribution in [0.1, 0.15) is 27.0 Å². The lowest BCUT2D eigenvalue weighted by Gasteiger charge is -2.10. The van der Waals surface area contributed by atoms with Gasteiger partial charge in [-0.05, 0) is 73.0 Å². The molecule has 0 aliphatic carbocycles. The van der Waals surface area contributed by atoms with E-state index in [-0.39, 0.29) is 22.9 Å². The zero-order valence-electron chi connectivity index (χ0n) is 18.7.